The highest BCUT2D eigenvalue weighted by molar-refractivity contribution is 9.10. The first kappa shape index (κ1) is 18.2. The Bertz CT molecular complexity index is 1280. The van der Waals surface area contributed by atoms with E-state index in [1.54, 1.807) is 30.3 Å². The van der Waals surface area contributed by atoms with Gasteiger partial charge in [0.25, 0.3) is 5.56 Å². The number of benzene rings is 2. The number of rotatable bonds is 2. The van der Waals surface area contributed by atoms with Crippen molar-refractivity contribution in [1.29, 1.82) is 0 Å². The molecule has 3 aromatic rings. The number of aromatic amines is 1. The number of aromatic nitrogens is 2. The van der Waals surface area contributed by atoms with Crippen LogP contribution in [0.2, 0.25) is 0 Å². The van der Waals surface area contributed by atoms with Crippen LogP contribution in [0.25, 0.3) is 17.3 Å². The monoisotopic (exact) mass is 437 g/mol. The third kappa shape index (κ3) is 3.03. The number of hydrogen-bond donors (Lipinski definition) is 2. The fourth-order valence-electron chi connectivity index (χ4n) is 3.22. The Morgan fingerprint density at radius 1 is 1.11 bits per heavy atom. The van der Waals surface area contributed by atoms with Gasteiger partial charge >= 0.3 is 5.69 Å². The molecule has 7 heteroatoms. The van der Waals surface area contributed by atoms with E-state index in [2.05, 4.69) is 25.9 Å². The summed E-state index contributed by atoms with van der Waals surface area (Å²) in [5.74, 6) is -0.419. The van der Waals surface area contributed by atoms with Gasteiger partial charge in [-0.2, -0.15) is 0 Å². The van der Waals surface area contributed by atoms with Gasteiger partial charge in [0.2, 0.25) is 5.88 Å². The number of nitrogens with zero attached hydrogens (tertiary/aromatic N) is 2. The summed E-state index contributed by atoms with van der Waals surface area (Å²) in [5.41, 5.74) is 3.31. The van der Waals surface area contributed by atoms with Crippen molar-refractivity contribution in [2.45, 2.75) is 13.8 Å². The lowest BCUT2D eigenvalue weighted by atomic mass is 9.99. The quantitative estimate of drug-likeness (QED) is 0.635. The van der Waals surface area contributed by atoms with Crippen molar-refractivity contribution in [3.63, 3.8) is 0 Å². The second kappa shape index (κ2) is 6.76. The first-order valence-electron chi connectivity index (χ1n) is 8.58. The molecule has 0 fully saturated rings. The molecule has 0 unspecified atom stereocenters. The summed E-state index contributed by atoms with van der Waals surface area (Å²) in [7, 11) is 0. The van der Waals surface area contributed by atoms with Crippen molar-refractivity contribution in [1.82, 2.24) is 9.55 Å². The Morgan fingerprint density at radius 3 is 2.54 bits per heavy atom. The lowest BCUT2D eigenvalue weighted by molar-refractivity contribution is 0.429. The second-order valence-corrected chi connectivity index (χ2v) is 7.50. The van der Waals surface area contributed by atoms with Crippen LogP contribution in [0.5, 0.6) is 5.88 Å². The van der Waals surface area contributed by atoms with E-state index in [0.717, 1.165) is 37.1 Å². The van der Waals surface area contributed by atoms with E-state index >= 15 is 0 Å². The van der Waals surface area contributed by atoms with Crippen LogP contribution in [-0.4, -0.2) is 20.4 Å². The van der Waals surface area contributed by atoms with Crippen LogP contribution in [0.4, 0.5) is 5.69 Å². The van der Waals surface area contributed by atoms with E-state index in [-0.39, 0.29) is 5.56 Å². The van der Waals surface area contributed by atoms with Gasteiger partial charge in [0.05, 0.1) is 11.4 Å². The fourth-order valence-corrected chi connectivity index (χ4v) is 3.49. The van der Waals surface area contributed by atoms with Crippen LogP contribution >= 0.6 is 15.9 Å². The Hall–Kier alpha value is -3.19. The smallest absolute Gasteiger partial charge is 0.335 e. The number of hydrogen-bond acceptors (Lipinski definition) is 4. The average molecular weight is 438 g/mol. The molecule has 2 aromatic carbocycles. The van der Waals surface area contributed by atoms with Gasteiger partial charge in [0.15, 0.2) is 0 Å². The second-order valence-electron chi connectivity index (χ2n) is 6.58. The molecule has 6 nitrogen and oxygen atoms in total. The van der Waals surface area contributed by atoms with Crippen molar-refractivity contribution in [2.75, 3.05) is 0 Å². The molecule has 0 atom stereocenters. The minimum Gasteiger partial charge on any atom is -0.494 e. The molecule has 0 saturated carbocycles. The number of aryl methyl sites for hydroxylation is 1. The van der Waals surface area contributed by atoms with E-state index in [4.69, 9.17) is 0 Å². The lowest BCUT2D eigenvalue weighted by Gasteiger charge is -2.11. The lowest BCUT2D eigenvalue weighted by Crippen LogP contribution is -2.30. The summed E-state index contributed by atoms with van der Waals surface area (Å²) in [6.07, 6.45) is 1.58. The van der Waals surface area contributed by atoms with Crippen LogP contribution < -0.4 is 11.2 Å². The third-order valence-electron chi connectivity index (χ3n) is 4.61. The fraction of sp³-hybridized carbons (Fsp3) is 0.0952. The minimum absolute atomic E-state index is 0.00132. The molecule has 0 radical (unpaired) electrons. The van der Waals surface area contributed by atoms with Crippen LogP contribution in [0.15, 0.2) is 61.5 Å². The average Bonchev–Trinajstić information content (AvgIpc) is 2.94. The Kier molecular flexibility index (Phi) is 4.39. The molecule has 2 heterocycles. The normalized spacial score (nSPS) is 14.2. The maximum Gasteiger partial charge on any atom is 0.335 e. The first-order valence-corrected chi connectivity index (χ1v) is 9.37. The molecule has 0 aliphatic carbocycles. The molecular formula is C21H16BrN3O3. The van der Waals surface area contributed by atoms with Gasteiger partial charge in [-0.25, -0.2) is 9.36 Å². The van der Waals surface area contributed by atoms with Gasteiger partial charge in [-0.05, 0) is 56.3 Å². The van der Waals surface area contributed by atoms with E-state index in [1.807, 2.05) is 32.0 Å². The first-order chi connectivity index (χ1) is 13.3. The predicted molar refractivity (Wildman–Crippen MR) is 114 cm³/mol. The zero-order valence-corrected chi connectivity index (χ0v) is 16.7. The van der Waals surface area contributed by atoms with E-state index in [1.165, 1.54) is 0 Å². The van der Waals surface area contributed by atoms with Crippen LogP contribution in [0, 0.1) is 6.92 Å². The topological polar surface area (TPSA) is 87.4 Å². The molecule has 4 rings (SSSR count). The largest absolute Gasteiger partial charge is 0.494 e. The summed E-state index contributed by atoms with van der Waals surface area (Å²) < 4.78 is 1.90. The number of nitrogens with one attached hydrogen (secondary N) is 1. The Labute approximate surface area is 168 Å². The summed E-state index contributed by atoms with van der Waals surface area (Å²) >= 11 is 3.34. The van der Waals surface area contributed by atoms with Crippen molar-refractivity contribution in [3.05, 3.63) is 84.5 Å². The number of aromatic hydroxyl groups is 1. The molecule has 28 heavy (non-hydrogen) atoms. The van der Waals surface area contributed by atoms with E-state index < -0.39 is 17.1 Å². The number of H-pyrrole nitrogens is 1. The molecule has 1 aliphatic rings. The van der Waals surface area contributed by atoms with Gasteiger partial charge < -0.3 is 5.11 Å². The highest BCUT2D eigenvalue weighted by Crippen LogP contribution is 2.37. The maximum absolute atomic E-state index is 12.5. The van der Waals surface area contributed by atoms with Gasteiger partial charge in [0, 0.05) is 21.3 Å². The number of fused-ring (bicyclic) bond motifs is 1. The molecule has 140 valence electrons. The maximum atomic E-state index is 12.5. The van der Waals surface area contributed by atoms with Crippen molar-refractivity contribution >= 4 is 39.0 Å². The molecule has 2 N–H and O–H groups in total. The summed E-state index contributed by atoms with van der Waals surface area (Å²) in [6.45, 7) is 3.82. The van der Waals surface area contributed by atoms with Crippen molar-refractivity contribution in [3.8, 4) is 11.6 Å². The highest BCUT2D eigenvalue weighted by Gasteiger charge is 2.21. The molecule has 1 aromatic heterocycles. The SMILES string of the molecule is CC1=Nc2ccc(C)cc2/C1=C\c1c(O)n(-c2ccc(Br)cc2)c(=O)[nH]c1=O. The van der Waals surface area contributed by atoms with Crippen molar-refractivity contribution in [2.24, 2.45) is 4.99 Å². The van der Waals surface area contributed by atoms with E-state index in [9.17, 15) is 14.7 Å². The van der Waals surface area contributed by atoms with Crippen molar-refractivity contribution < 1.29 is 5.11 Å². The van der Waals surface area contributed by atoms with Gasteiger partial charge in [0.1, 0.15) is 5.56 Å². The predicted octanol–water partition coefficient (Wildman–Crippen LogP) is 3.95. The van der Waals surface area contributed by atoms with Gasteiger partial charge in [-0.3, -0.25) is 14.8 Å². The Morgan fingerprint density at radius 2 is 1.82 bits per heavy atom. The molecule has 0 saturated heterocycles. The number of halogens is 1. The molecule has 0 amide bonds. The van der Waals surface area contributed by atoms with Gasteiger partial charge in [-0.15, -0.1) is 0 Å². The Balaban J connectivity index is 1.94. The minimum atomic E-state index is -0.708. The molecule has 0 bridgehead atoms. The third-order valence-corrected chi connectivity index (χ3v) is 5.14. The van der Waals surface area contributed by atoms with Crippen LogP contribution in [-0.2, 0) is 0 Å². The highest BCUT2D eigenvalue weighted by atomic mass is 79.9. The summed E-state index contributed by atoms with van der Waals surface area (Å²) in [5, 5.41) is 10.8. The standard InChI is InChI=1S/C21H16BrN3O3/c1-11-3-8-18-16(9-11)15(12(2)23-18)10-17-19(26)24-21(28)25(20(17)27)14-6-4-13(22)5-7-14/h3-10,27H,1-2H3,(H,24,26,28)/b15-10-. The van der Waals surface area contributed by atoms with Gasteiger partial charge in [-0.1, -0.05) is 27.6 Å². The van der Waals surface area contributed by atoms with Crippen LogP contribution in [0.1, 0.15) is 23.6 Å². The summed E-state index contributed by atoms with van der Waals surface area (Å²) in [4.78, 5) is 31.6. The number of allylic oxidation sites excluding steroid dienone is 1. The zero-order valence-electron chi connectivity index (χ0n) is 15.2. The van der Waals surface area contributed by atoms with Crippen LogP contribution in [0.3, 0.4) is 0 Å². The molecular weight excluding hydrogens is 422 g/mol. The molecule has 1 aliphatic heterocycles. The zero-order chi connectivity index (χ0) is 20.0. The molecule has 0 spiro atoms. The summed E-state index contributed by atoms with van der Waals surface area (Å²) in [6, 6.07) is 12.7. The number of aliphatic imine (C=N–C) groups is 1. The van der Waals surface area contributed by atoms with E-state index in [0.29, 0.717) is 5.69 Å².